The number of anilines is 1. The van der Waals surface area contributed by atoms with Crippen molar-refractivity contribution in [2.45, 2.75) is 12.6 Å². The van der Waals surface area contributed by atoms with E-state index in [1.807, 2.05) is 65.7 Å². The van der Waals surface area contributed by atoms with Gasteiger partial charge in [0.05, 0.1) is 32.5 Å². The minimum absolute atomic E-state index is 0.235. The van der Waals surface area contributed by atoms with E-state index in [9.17, 15) is 4.79 Å². The highest BCUT2D eigenvalue weighted by atomic mass is 16.6. The van der Waals surface area contributed by atoms with Crippen molar-refractivity contribution in [3.05, 3.63) is 95.8 Å². The Morgan fingerprint density at radius 3 is 2.54 bits per heavy atom. The van der Waals surface area contributed by atoms with Crippen molar-refractivity contribution in [3.8, 4) is 28.7 Å². The molecule has 3 heterocycles. The molecular formula is C29H27N3O5. The number of methoxy groups -OCH3 is 2. The van der Waals surface area contributed by atoms with Gasteiger partial charge in [0, 0.05) is 23.6 Å². The molecule has 0 aliphatic carbocycles. The first-order valence-electron chi connectivity index (χ1n) is 12.1. The Morgan fingerprint density at radius 2 is 1.70 bits per heavy atom. The number of fused-ring (bicyclic) bond motifs is 4. The fourth-order valence-electron chi connectivity index (χ4n) is 5.03. The van der Waals surface area contributed by atoms with E-state index in [1.165, 1.54) is 0 Å². The molecule has 0 spiro atoms. The predicted octanol–water partition coefficient (Wildman–Crippen LogP) is 5.40. The van der Waals surface area contributed by atoms with Crippen molar-refractivity contribution in [2.24, 2.45) is 0 Å². The van der Waals surface area contributed by atoms with Crippen LogP contribution in [0.25, 0.3) is 5.69 Å². The summed E-state index contributed by atoms with van der Waals surface area (Å²) in [4.78, 5) is 15.8. The van der Waals surface area contributed by atoms with Gasteiger partial charge in [0.1, 0.15) is 13.2 Å². The van der Waals surface area contributed by atoms with Crippen LogP contribution in [0.2, 0.25) is 0 Å². The van der Waals surface area contributed by atoms with E-state index in [0.717, 1.165) is 22.5 Å². The number of para-hydroxylation sites is 1. The Bertz CT molecular complexity index is 1460. The number of nitrogens with zero attached hydrogens (tertiary/aromatic N) is 2. The maximum absolute atomic E-state index is 14.0. The molecule has 8 nitrogen and oxygen atoms in total. The third-order valence-corrected chi connectivity index (χ3v) is 6.74. The molecule has 2 amide bonds. The van der Waals surface area contributed by atoms with Crippen molar-refractivity contribution in [2.75, 3.05) is 32.8 Å². The van der Waals surface area contributed by atoms with Crippen LogP contribution in [-0.4, -0.2) is 42.9 Å². The molecule has 1 aromatic heterocycles. The number of carbonyl (C=O) groups is 1. The molecular weight excluding hydrogens is 470 g/mol. The minimum atomic E-state index is -0.389. The lowest BCUT2D eigenvalue weighted by molar-refractivity contribution is 0.171. The third-order valence-electron chi connectivity index (χ3n) is 6.74. The van der Waals surface area contributed by atoms with Crippen LogP contribution in [0, 0.1) is 0 Å². The molecule has 1 N–H and O–H groups in total. The number of aromatic nitrogens is 1. The second-order valence-corrected chi connectivity index (χ2v) is 8.87. The number of rotatable bonds is 4. The molecule has 0 bridgehead atoms. The Morgan fingerprint density at radius 1 is 0.892 bits per heavy atom. The summed E-state index contributed by atoms with van der Waals surface area (Å²) in [5.41, 5.74) is 4.59. The number of nitrogens with one attached hydrogen (secondary N) is 1. The highest BCUT2D eigenvalue weighted by molar-refractivity contribution is 5.90. The van der Waals surface area contributed by atoms with Gasteiger partial charge in [0.2, 0.25) is 0 Å². The first-order valence-corrected chi connectivity index (χ1v) is 12.1. The molecule has 0 radical (unpaired) electrons. The SMILES string of the molecule is COc1ccc([C@H]2c3cccn3-c3ccccc3CN2C(=O)Nc2ccc3c(c2)OCCO3)cc1OC. The number of hydrogen-bond acceptors (Lipinski definition) is 5. The maximum atomic E-state index is 14.0. The fourth-order valence-corrected chi connectivity index (χ4v) is 5.03. The molecule has 3 aromatic carbocycles. The number of benzene rings is 3. The van der Waals surface area contributed by atoms with Crippen LogP contribution in [0.4, 0.5) is 10.5 Å². The second-order valence-electron chi connectivity index (χ2n) is 8.87. The van der Waals surface area contributed by atoms with Gasteiger partial charge in [-0.2, -0.15) is 0 Å². The lowest BCUT2D eigenvalue weighted by Crippen LogP contribution is -2.38. The number of urea groups is 1. The van der Waals surface area contributed by atoms with Gasteiger partial charge in [-0.15, -0.1) is 0 Å². The largest absolute Gasteiger partial charge is 0.493 e. The zero-order chi connectivity index (χ0) is 25.4. The van der Waals surface area contributed by atoms with Gasteiger partial charge < -0.3 is 33.7 Å². The van der Waals surface area contributed by atoms with Crippen LogP contribution in [0.15, 0.2) is 79.0 Å². The Kier molecular flexibility index (Phi) is 5.84. The van der Waals surface area contributed by atoms with E-state index in [-0.39, 0.29) is 12.1 Å². The smallest absolute Gasteiger partial charge is 0.322 e. The number of ether oxygens (including phenoxy) is 4. The average Bonchev–Trinajstić information content (AvgIpc) is 3.36. The summed E-state index contributed by atoms with van der Waals surface area (Å²) < 4.78 is 24.5. The van der Waals surface area contributed by atoms with Crippen LogP contribution in [0.3, 0.4) is 0 Å². The first kappa shape index (κ1) is 22.8. The Hall–Kier alpha value is -4.59. The van der Waals surface area contributed by atoms with Crippen molar-refractivity contribution >= 4 is 11.7 Å². The predicted molar refractivity (Wildman–Crippen MR) is 139 cm³/mol. The van der Waals surface area contributed by atoms with E-state index < -0.39 is 0 Å². The summed E-state index contributed by atoms with van der Waals surface area (Å²) in [5, 5.41) is 3.08. The standard InChI is InChI=1S/C29H27N3O5/c1-34-24-11-9-19(16-26(24)35-2)28-23-8-5-13-31(23)22-7-4-3-6-20(22)18-32(28)29(33)30-21-10-12-25-27(17-21)37-15-14-36-25/h3-13,16-17,28H,14-15,18H2,1-2H3,(H,30,33)/t28-/m0/s1. The summed E-state index contributed by atoms with van der Waals surface area (Å²) in [7, 11) is 3.22. The molecule has 0 saturated carbocycles. The van der Waals surface area contributed by atoms with E-state index in [2.05, 4.69) is 22.0 Å². The van der Waals surface area contributed by atoms with E-state index in [0.29, 0.717) is 48.4 Å². The zero-order valence-electron chi connectivity index (χ0n) is 20.6. The monoisotopic (exact) mass is 497 g/mol. The highest BCUT2D eigenvalue weighted by Gasteiger charge is 2.33. The third kappa shape index (κ3) is 4.10. The fraction of sp³-hybridized carbons (Fsp3) is 0.207. The van der Waals surface area contributed by atoms with Crippen LogP contribution < -0.4 is 24.3 Å². The normalized spacial score (nSPS) is 15.7. The number of amides is 2. The van der Waals surface area contributed by atoms with Crippen LogP contribution in [0.5, 0.6) is 23.0 Å². The van der Waals surface area contributed by atoms with Crippen molar-refractivity contribution in [1.29, 1.82) is 0 Å². The summed E-state index contributed by atoms with van der Waals surface area (Å²) in [6.07, 6.45) is 2.03. The lowest BCUT2D eigenvalue weighted by atomic mass is 10.0. The zero-order valence-corrected chi connectivity index (χ0v) is 20.6. The topological polar surface area (TPSA) is 74.2 Å². The molecule has 0 fully saturated rings. The van der Waals surface area contributed by atoms with Gasteiger partial charge >= 0.3 is 6.03 Å². The molecule has 188 valence electrons. The van der Waals surface area contributed by atoms with Gasteiger partial charge in [-0.25, -0.2) is 4.79 Å². The van der Waals surface area contributed by atoms with Gasteiger partial charge in [-0.1, -0.05) is 24.3 Å². The summed E-state index contributed by atoms with van der Waals surface area (Å²) in [6, 6.07) is 22.8. The lowest BCUT2D eigenvalue weighted by Gasteiger charge is -2.31. The van der Waals surface area contributed by atoms with Crippen LogP contribution in [-0.2, 0) is 6.54 Å². The van der Waals surface area contributed by atoms with Crippen LogP contribution in [0.1, 0.15) is 22.9 Å². The van der Waals surface area contributed by atoms with Gasteiger partial charge in [0.25, 0.3) is 0 Å². The quantitative estimate of drug-likeness (QED) is 0.409. The van der Waals surface area contributed by atoms with Gasteiger partial charge in [-0.3, -0.25) is 0 Å². The molecule has 2 aliphatic rings. The Labute approximate surface area is 214 Å². The van der Waals surface area contributed by atoms with E-state index in [1.54, 1.807) is 20.3 Å². The van der Waals surface area contributed by atoms with Crippen molar-refractivity contribution in [1.82, 2.24) is 9.47 Å². The molecule has 1 atom stereocenters. The number of carbonyl (C=O) groups excluding carboxylic acids is 1. The summed E-state index contributed by atoms with van der Waals surface area (Å²) in [5.74, 6) is 2.53. The summed E-state index contributed by atoms with van der Waals surface area (Å²) in [6.45, 7) is 1.40. The molecule has 0 unspecified atom stereocenters. The maximum Gasteiger partial charge on any atom is 0.322 e. The van der Waals surface area contributed by atoms with Crippen molar-refractivity contribution < 1.29 is 23.7 Å². The van der Waals surface area contributed by atoms with Gasteiger partial charge in [0.15, 0.2) is 23.0 Å². The highest BCUT2D eigenvalue weighted by Crippen LogP contribution is 2.40. The molecule has 0 saturated heterocycles. The molecule has 4 aromatic rings. The second kappa shape index (κ2) is 9.46. The van der Waals surface area contributed by atoms with Crippen LogP contribution >= 0.6 is 0 Å². The number of hydrogen-bond donors (Lipinski definition) is 1. The van der Waals surface area contributed by atoms with Gasteiger partial charge in [-0.05, 0) is 53.6 Å². The molecule has 2 aliphatic heterocycles. The minimum Gasteiger partial charge on any atom is -0.493 e. The first-order chi connectivity index (χ1) is 18.2. The summed E-state index contributed by atoms with van der Waals surface area (Å²) >= 11 is 0. The Balaban J connectivity index is 1.44. The molecule has 37 heavy (non-hydrogen) atoms. The average molecular weight is 498 g/mol. The van der Waals surface area contributed by atoms with E-state index >= 15 is 0 Å². The van der Waals surface area contributed by atoms with Crippen molar-refractivity contribution in [3.63, 3.8) is 0 Å². The molecule has 6 rings (SSSR count). The van der Waals surface area contributed by atoms with E-state index in [4.69, 9.17) is 18.9 Å². The molecule has 8 heteroatoms.